The summed E-state index contributed by atoms with van der Waals surface area (Å²) in [7, 11) is 0. The number of nitrogens with zero attached hydrogens (tertiary/aromatic N) is 1. The van der Waals surface area contributed by atoms with Gasteiger partial charge in [0.15, 0.2) is 0 Å². The second kappa shape index (κ2) is 5.05. The normalized spacial score (nSPS) is 14.5. The Hall–Kier alpha value is -2.44. The Balaban J connectivity index is 2.29. The molecule has 0 radical (unpaired) electrons. The molecule has 0 aromatic heterocycles. The lowest BCUT2D eigenvalue weighted by atomic mass is 9.93. The molecule has 2 N–H and O–H groups in total. The first kappa shape index (κ1) is 13.0. The Morgan fingerprint density at radius 3 is 2.37 bits per heavy atom. The summed E-state index contributed by atoms with van der Waals surface area (Å²) in [6, 6.07) is 3.24. The number of amides is 1. The van der Waals surface area contributed by atoms with Crippen LogP contribution in [0.5, 0.6) is 0 Å². The zero-order chi connectivity index (χ0) is 14.0. The summed E-state index contributed by atoms with van der Waals surface area (Å²) < 4.78 is 0. The third-order valence-electron chi connectivity index (χ3n) is 3.08. The first-order valence-corrected chi connectivity index (χ1v) is 5.81. The molecule has 1 aliphatic carbocycles. The fraction of sp³-hybridized carbons (Fsp3) is 0.333. The minimum Gasteiger partial charge on any atom is -0.478 e. The van der Waals surface area contributed by atoms with Crippen molar-refractivity contribution < 1.29 is 19.6 Å². The number of carboxylic acid groups (broad SMARTS) is 1. The van der Waals surface area contributed by atoms with Gasteiger partial charge < -0.3 is 10.4 Å². The van der Waals surface area contributed by atoms with E-state index in [-0.39, 0.29) is 17.2 Å². The molecular weight excluding hydrogens is 252 g/mol. The molecule has 0 atom stereocenters. The van der Waals surface area contributed by atoms with Crippen molar-refractivity contribution in [1.29, 1.82) is 0 Å². The van der Waals surface area contributed by atoms with Crippen LogP contribution in [-0.4, -0.2) is 27.9 Å². The van der Waals surface area contributed by atoms with E-state index in [2.05, 4.69) is 5.32 Å². The fourth-order valence-corrected chi connectivity index (χ4v) is 1.79. The van der Waals surface area contributed by atoms with Gasteiger partial charge in [0.05, 0.1) is 10.5 Å². The Labute approximate surface area is 108 Å². The van der Waals surface area contributed by atoms with Crippen LogP contribution in [0.4, 0.5) is 5.69 Å². The standard InChI is InChI=1S/C12H12N2O5/c15-11(13-9-2-1-3-9)7-4-8(12(16)17)6-10(5-7)14(18)19/h4-6,9H,1-3H2,(H,13,15)(H,16,17). The molecule has 0 spiro atoms. The molecule has 0 saturated heterocycles. The fourth-order valence-electron chi connectivity index (χ4n) is 1.79. The number of hydrogen-bond donors (Lipinski definition) is 2. The molecule has 0 bridgehead atoms. The molecule has 7 heteroatoms. The van der Waals surface area contributed by atoms with Gasteiger partial charge in [-0.05, 0) is 25.3 Å². The van der Waals surface area contributed by atoms with Gasteiger partial charge in [0.1, 0.15) is 0 Å². The molecule has 1 amide bonds. The van der Waals surface area contributed by atoms with Crippen LogP contribution >= 0.6 is 0 Å². The van der Waals surface area contributed by atoms with Gasteiger partial charge in [-0.3, -0.25) is 14.9 Å². The summed E-state index contributed by atoms with van der Waals surface area (Å²) in [5.74, 6) is -1.78. The second-order valence-electron chi connectivity index (χ2n) is 4.43. The van der Waals surface area contributed by atoms with Crippen molar-refractivity contribution >= 4 is 17.6 Å². The van der Waals surface area contributed by atoms with Crippen LogP contribution < -0.4 is 5.32 Å². The maximum Gasteiger partial charge on any atom is 0.335 e. The van der Waals surface area contributed by atoms with E-state index in [0.29, 0.717) is 0 Å². The SMILES string of the molecule is O=C(O)c1cc(C(=O)NC2CCC2)cc([N+](=O)[O-])c1. The Morgan fingerprint density at radius 2 is 1.89 bits per heavy atom. The van der Waals surface area contributed by atoms with Gasteiger partial charge in [-0.25, -0.2) is 4.79 Å². The highest BCUT2D eigenvalue weighted by Gasteiger charge is 2.22. The minimum atomic E-state index is -1.30. The van der Waals surface area contributed by atoms with Crippen LogP contribution in [0.15, 0.2) is 18.2 Å². The summed E-state index contributed by atoms with van der Waals surface area (Å²) in [6.07, 6.45) is 2.80. The molecule has 0 aliphatic heterocycles. The van der Waals surface area contributed by atoms with Crippen molar-refractivity contribution in [1.82, 2.24) is 5.32 Å². The summed E-state index contributed by atoms with van der Waals surface area (Å²) in [4.78, 5) is 32.8. The molecule has 0 heterocycles. The lowest BCUT2D eigenvalue weighted by molar-refractivity contribution is -0.384. The van der Waals surface area contributed by atoms with Crippen LogP contribution in [-0.2, 0) is 0 Å². The van der Waals surface area contributed by atoms with Gasteiger partial charge in [-0.1, -0.05) is 0 Å². The number of benzene rings is 1. The number of carbonyl (C=O) groups excluding carboxylic acids is 1. The molecule has 100 valence electrons. The maximum atomic E-state index is 11.9. The van der Waals surface area contributed by atoms with E-state index in [9.17, 15) is 19.7 Å². The molecule has 1 fully saturated rings. The number of non-ortho nitro benzene ring substituents is 1. The van der Waals surface area contributed by atoms with Crippen LogP contribution in [0, 0.1) is 10.1 Å². The Kier molecular flexibility index (Phi) is 3.46. The smallest absolute Gasteiger partial charge is 0.335 e. The molecule has 7 nitrogen and oxygen atoms in total. The number of carboxylic acids is 1. The van der Waals surface area contributed by atoms with E-state index in [1.54, 1.807) is 0 Å². The van der Waals surface area contributed by atoms with Crippen molar-refractivity contribution in [3.63, 3.8) is 0 Å². The summed E-state index contributed by atoms with van der Waals surface area (Å²) in [6.45, 7) is 0. The van der Waals surface area contributed by atoms with E-state index >= 15 is 0 Å². The van der Waals surface area contributed by atoms with Crippen molar-refractivity contribution in [2.45, 2.75) is 25.3 Å². The quantitative estimate of drug-likeness (QED) is 0.633. The molecule has 0 unspecified atom stereocenters. The molecule has 1 aliphatic rings. The van der Waals surface area contributed by atoms with Crippen LogP contribution in [0.1, 0.15) is 40.0 Å². The van der Waals surface area contributed by atoms with Gasteiger partial charge in [0.2, 0.25) is 0 Å². The second-order valence-corrected chi connectivity index (χ2v) is 4.43. The zero-order valence-electron chi connectivity index (χ0n) is 9.96. The third kappa shape index (κ3) is 2.87. The largest absolute Gasteiger partial charge is 0.478 e. The van der Waals surface area contributed by atoms with Gasteiger partial charge >= 0.3 is 5.97 Å². The van der Waals surface area contributed by atoms with Gasteiger partial charge in [-0.15, -0.1) is 0 Å². The van der Waals surface area contributed by atoms with Crippen LogP contribution in [0.3, 0.4) is 0 Å². The van der Waals surface area contributed by atoms with E-state index in [4.69, 9.17) is 5.11 Å². The van der Waals surface area contributed by atoms with E-state index < -0.39 is 22.5 Å². The van der Waals surface area contributed by atoms with Gasteiger partial charge in [-0.2, -0.15) is 0 Å². The highest BCUT2D eigenvalue weighted by Crippen LogP contribution is 2.21. The van der Waals surface area contributed by atoms with Crippen molar-refractivity contribution in [3.05, 3.63) is 39.4 Å². The molecule has 1 aromatic rings. The minimum absolute atomic E-state index is 0.00139. The van der Waals surface area contributed by atoms with Crippen molar-refractivity contribution in [2.75, 3.05) is 0 Å². The summed E-state index contributed by atoms with van der Waals surface area (Å²) in [5, 5.41) is 22.3. The summed E-state index contributed by atoms with van der Waals surface area (Å²) >= 11 is 0. The molecule has 2 rings (SSSR count). The number of aromatic carboxylic acids is 1. The molecular formula is C12H12N2O5. The summed E-state index contributed by atoms with van der Waals surface area (Å²) in [5.41, 5.74) is -0.676. The zero-order valence-corrected chi connectivity index (χ0v) is 9.96. The van der Waals surface area contributed by atoms with Gasteiger partial charge in [0.25, 0.3) is 11.6 Å². The average Bonchev–Trinajstić information content (AvgIpc) is 2.32. The molecule has 1 saturated carbocycles. The highest BCUT2D eigenvalue weighted by atomic mass is 16.6. The molecule has 19 heavy (non-hydrogen) atoms. The molecule has 1 aromatic carbocycles. The first-order valence-electron chi connectivity index (χ1n) is 5.81. The predicted octanol–water partition coefficient (Wildman–Crippen LogP) is 1.58. The number of nitro benzene ring substituents is 1. The number of hydrogen-bond acceptors (Lipinski definition) is 4. The third-order valence-corrected chi connectivity index (χ3v) is 3.08. The Bertz CT molecular complexity index is 519. The van der Waals surface area contributed by atoms with Crippen LogP contribution in [0.2, 0.25) is 0 Å². The number of nitrogens with one attached hydrogen (secondary N) is 1. The predicted molar refractivity (Wildman–Crippen MR) is 65.2 cm³/mol. The average molecular weight is 264 g/mol. The van der Waals surface area contributed by atoms with E-state index in [0.717, 1.165) is 37.5 Å². The van der Waals surface area contributed by atoms with Crippen molar-refractivity contribution in [3.8, 4) is 0 Å². The maximum absolute atomic E-state index is 11.9. The van der Waals surface area contributed by atoms with Crippen LogP contribution in [0.25, 0.3) is 0 Å². The highest BCUT2D eigenvalue weighted by molar-refractivity contribution is 5.98. The number of carbonyl (C=O) groups is 2. The van der Waals surface area contributed by atoms with E-state index in [1.165, 1.54) is 0 Å². The topological polar surface area (TPSA) is 110 Å². The van der Waals surface area contributed by atoms with Crippen molar-refractivity contribution in [2.24, 2.45) is 0 Å². The lowest BCUT2D eigenvalue weighted by Gasteiger charge is -2.26. The lowest BCUT2D eigenvalue weighted by Crippen LogP contribution is -2.39. The monoisotopic (exact) mass is 264 g/mol. The van der Waals surface area contributed by atoms with Gasteiger partial charge in [0, 0.05) is 23.7 Å². The van der Waals surface area contributed by atoms with E-state index in [1.807, 2.05) is 0 Å². The number of rotatable bonds is 4. The number of nitro groups is 1. The Morgan fingerprint density at radius 1 is 1.26 bits per heavy atom. The first-order chi connectivity index (χ1) is 8.97.